The molecule has 0 saturated heterocycles. The standard InChI is InChI=1S/C22H21N3O5/c1-27-15-6-8-18(28-2)16(12-15)17-13-24-9-10-25(22(26)21(24)23-17)14-5-7-19(29-3)20(11-14)30-4/h5-13H,1-4H3. The average molecular weight is 407 g/mol. The van der Waals surface area contributed by atoms with Crippen molar-refractivity contribution in [2.24, 2.45) is 0 Å². The Morgan fingerprint density at radius 1 is 0.800 bits per heavy atom. The number of methoxy groups -OCH3 is 4. The van der Waals surface area contributed by atoms with E-state index in [0.29, 0.717) is 34.4 Å². The highest BCUT2D eigenvalue weighted by molar-refractivity contribution is 5.71. The van der Waals surface area contributed by atoms with Crippen LogP contribution in [0.2, 0.25) is 0 Å². The zero-order chi connectivity index (χ0) is 21.3. The van der Waals surface area contributed by atoms with E-state index in [2.05, 4.69) is 4.98 Å². The summed E-state index contributed by atoms with van der Waals surface area (Å²) in [7, 11) is 6.30. The van der Waals surface area contributed by atoms with Crippen LogP contribution in [-0.4, -0.2) is 42.4 Å². The number of rotatable bonds is 6. The maximum absolute atomic E-state index is 13.2. The molecule has 2 heterocycles. The van der Waals surface area contributed by atoms with E-state index in [-0.39, 0.29) is 11.2 Å². The van der Waals surface area contributed by atoms with Crippen LogP contribution in [0.25, 0.3) is 22.6 Å². The van der Waals surface area contributed by atoms with E-state index in [0.717, 1.165) is 5.56 Å². The molecule has 0 radical (unpaired) electrons. The predicted molar refractivity (Wildman–Crippen MR) is 112 cm³/mol. The van der Waals surface area contributed by atoms with E-state index in [1.165, 1.54) is 4.57 Å². The molecule has 0 atom stereocenters. The Balaban J connectivity index is 1.85. The third kappa shape index (κ3) is 3.22. The van der Waals surface area contributed by atoms with Crippen molar-refractivity contribution in [2.45, 2.75) is 0 Å². The molecule has 8 heteroatoms. The van der Waals surface area contributed by atoms with Crippen LogP contribution in [0.15, 0.2) is 59.8 Å². The number of ether oxygens (including phenoxy) is 4. The first kappa shape index (κ1) is 19.4. The van der Waals surface area contributed by atoms with E-state index >= 15 is 0 Å². The van der Waals surface area contributed by atoms with E-state index in [9.17, 15) is 4.79 Å². The summed E-state index contributed by atoms with van der Waals surface area (Å²) in [6, 6.07) is 10.7. The van der Waals surface area contributed by atoms with Gasteiger partial charge in [0.1, 0.15) is 11.5 Å². The summed E-state index contributed by atoms with van der Waals surface area (Å²) < 4.78 is 24.6. The first-order chi connectivity index (χ1) is 14.6. The molecule has 8 nitrogen and oxygen atoms in total. The number of hydrogen-bond acceptors (Lipinski definition) is 6. The second kappa shape index (κ2) is 7.82. The zero-order valence-corrected chi connectivity index (χ0v) is 17.1. The Hall–Kier alpha value is -3.94. The van der Waals surface area contributed by atoms with Crippen LogP contribution in [0.1, 0.15) is 0 Å². The third-order valence-corrected chi connectivity index (χ3v) is 4.85. The third-order valence-electron chi connectivity index (χ3n) is 4.85. The lowest BCUT2D eigenvalue weighted by molar-refractivity contribution is 0.355. The number of nitrogens with zero attached hydrogens (tertiary/aromatic N) is 3. The summed E-state index contributed by atoms with van der Waals surface area (Å²) in [6.45, 7) is 0. The minimum absolute atomic E-state index is 0.266. The fourth-order valence-corrected chi connectivity index (χ4v) is 3.30. The summed E-state index contributed by atoms with van der Waals surface area (Å²) in [4.78, 5) is 17.7. The monoisotopic (exact) mass is 407 g/mol. The van der Waals surface area contributed by atoms with Gasteiger partial charge in [0.15, 0.2) is 11.5 Å². The van der Waals surface area contributed by atoms with Crippen LogP contribution in [0.4, 0.5) is 0 Å². The molecule has 2 aromatic heterocycles. The number of hydrogen-bond donors (Lipinski definition) is 0. The van der Waals surface area contributed by atoms with Crippen LogP contribution < -0.4 is 24.5 Å². The topological polar surface area (TPSA) is 76.2 Å². The molecule has 154 valence electrons. The number of imidazole rings is 1. The van der Waals surface area contributed by atoms with Crippen molar-refractivity contribution in [3.8, 4) is 39.9 Å². The minimum Gasteiger partial charge on any atom is -0.497 e. The van der Waals surface area contributed by atoms with Crippen LogP contribution in [0.3, 0.4) is 0 Å². The van der Waals surface area contributed by atoms with Gasteiger partial charge >= 0.3 is 0 Å². The molecule has 0 spiro atoms. The van der Waals surface area contributed by atoms with Crippen LogP contribution in [0.5, 0.6) is 23.0 Å². The Bertz CT molecular complexity index is 1280. The zero-order valence-electron chi connectivity index (χ0n) is 17.1. The fraction of sp³-hybridized carbons (Fsp3) is 0.182. The molecule has 0 aliphatic rings. The lowest BCUT2D eigenvalue weighted by Gasteiger charge is -2.11. The van der Waals surface area contributed by atoms with Crippen molar-refractivity contribution in [1.29, 1.82) is 0 Å². The lowest BCUT2D eigenvalue weighted by Crippen LogP contribution is -2.20. The maximum Gasteiger partial charge on any atom is 0.298 e. The summed E-state index contributed by atoms with van der Waals surface area (Å²) in [5, 5.41) is 0. The van der Waals surface area contributed by atoms with E-state index < -0.39 is 0 Å². The Labute approximate surface area is 172 Å². The molecule has 0 aliphatic heterocycles. The highest BCUT2D eigenvalue weighted by Crippen LogP contribution is 2.33. The Morgan fingerprint density at radius 3 is 2.23 bits per heavy atom. The van der Waals surface area contributed by atoms with Crippen molar-refractivity contribution in [2.75, 3.05) is 28.4 Å². The second-order valence-corrected chi connectivity index (χ2v) is 6.44. The quantitative estimate of drug-likeness (QED) is 0.489. The molecule has 0 amide bonds. The lowest BCUT2D eigenvalue weighted by atomic mass is 10.1. The highest BCUT2D eigenvalue weighted by Gasteiger charge is 2.15. The summed E-state index contributed by atoms with van der Waals surface area (Å²) in [5.74, 6) is 2.43. The molecule has 30 heavy (non-hydrogen) atoms. The molecule has 0 fully saturated rings. The van der Waals surface area contributed by atoms with Gasteiger partial charge in [-0.3, -0.25) is 9.36 Å². The molecule has 0 unspecified atom stereocenters. The maximum atomic E-state index is 13.2. The van der Waals surface area contributed by atoms with Gasteiger partial charge < -0.3 is 23.3 Å². The van der Waals surface area contributed by atoms with Crippen LogP contribution in [-0.2, 0) is 0 Å². The summed E-state index contributed by atoms with van der Waals surface area (Å²) >= 11 is 0. The minimum atomic E-state index is -0.266. The van der Waals surface area contributed by atoms with E-state index in [4.69, 9.17) is 18.9 Å². The second-order valence-electron chi connectivity index (χ2n) is 6.44. The highest BCUT2D eigenvalue weighted by atomic mass is 16.5. The smallest absolute Gasteiger partial charge is 0.298 e. The Morgan fingerprint density at radius 2 is 1.53 bits per heavy atom. The van der Waals surface area contributed by atoms with Crippen molar-refractivity contribution >= 4 is 5.65 Å². The largest absolute Gasteiger partial charge is 0.497 e. The van der Waals surface area contributed by atoms with Crippen molar-refractivity contribution in [3.63, 3.8) is 0 Å². The predicted octanol–water partition coefficient (Wildman–Crippen LogP) is 3.19. The molecule has 0 bridgehead atoms. The average Bonchev–Trinajstić information content (AvgIpc) is 3.23. The van der Waals surface area contributed by atoms with Gasteiger partial charge in [-0.1, -0.05) is 0 Å². The van der Waals surface area contributed by atoms with Crippen LogP contribution >= 0.6 is 0 Å². The molecule has 0 saturated carbocycles. The molecule has 2 aromatic carbocycles. The molecular weight excluding hydrogens is 386 g/mol. The number of benzene rings is 2. The van der Waals surface area contributed by atoms with E-state index in [1.54, 1.807) is 75.7 Å². The van der Waals surface area contributed by atoms with Gasteiger partial charge in [0.05, 0.1) is 39.8 Å². The van der Waals surface area contributed by atoms with Gasteiger partial charge in [-0.15, -0.1) is 0 Å². The molecule has 4 aromatic rings. The first-order valence-electron chi connectivity index (χ1n) is 9.14. The van der Waals surface area contributed by atoms with Crippen molar-refractivity contribution in [1.82, 2.24) is 14.0 Å². The SMILES string of the molecule is COc1ccc(OC)c(-c2cn3ccn(-c4ccc(OC)c(OC)c4)c(=O)c3n2)c1. The van der Waals surface area contributed by atoms with Crippen molar-refractivity contribution in [3.05, 3.63) is 65.3 Å². The first-order valence-corrected chi connectivity index (χ1v) is 9.14. The van der Waals surface area contributed by atoms with Gasteiger partial charge in [-0.05, 0) is 30.3 Å². The van der Waals surface area contributed by atoms with Crippen LogP contribution in [0, 0.1) is 0 Å². The molecular formula is C22H21N3O5. The molecule has 4 rings (SSSR count). The molecule has 0 aliphatic carbocycles. The van der Waals surface area contributed by atoms with E-state index in [1.807, 2.05) is 12.1 Å². The Kier molecular flexibility index (Phi) is 5.05. The number of aromatic nitrogens is 3. The summed E-state index contributed by atoms with van der Waals surface area (Å²) in [6.07, 6.45) is 5.24. The van der Waals surface area contributed by atoms with Gasteiger partial charge in [0.25, 0.3) is 5.56 Å². The molecule has 0 N–H and O–H groups in total. The summed E-state index contributed by atoms with van der Waals surface area (Å²) in [5.41, 5.74) is 2.00. The normalized spacial score (nSPS) is 10.8. The van der Waals surface area contributed by atoms with Gasteiger partial charge in [-0.25, -0.2) is 4.98 Å². The van der Waals surface area contributed by atoms with Gasteiger partial charge in [-0.2, -0.15) is 0 Å². The van der Waals surface area contributed by atoms with Crippen molar-refractivity contribution < 1.29 is 18.9 Å². The fourth-order valence-electron chi connectivity index (χ4n) is 3.30. The number of fused-ring (bicyclic) bond motifs is 1. The van der Waals surface area contributed by atoms with Gasteiger partial charge in [0, 0.05) is 30.2 Å². The van der Waals surface area contributed by atoms with Gasteiger partial charge in [0.2, 0.25) is 5.65 Å².